The molecule has 0 aliphatic heterocycles. The zero-order valence-corrected chi connectivity index (χ0v) is 12.6. The summed E-state index contributed by atoms with van der Waals surface area (Å²) in [5.41, 5.74) is 1.92. The standard InChI is InChI=1S/C15H12BrClF2/c1-9-7-10(5-6-12(9)16)13(17)8-11-14(18)3-2-4-15(11)19/h2-7,13H,8H2,1H3. The van der Waals surface area contributed by atoms with Gasteiger partial charge in [0.25, 0.3) is 0 Å². The van der Waals surface area contributed by atoms with E-state index in [-0.39, 0.29) is 12.0 Å². The average Bonchev–Trinajstić information content (AvgIpc) is 2.37. The molecule has 2 aromatic carbocycles. The lowest BCUT2D eigenvalue weighted by atomic mass is 10.0. The van der Waals surface area contributed by atoms with E-state index in [2.05, 4.69) is 15.9 Å². The molecule has 1 unspecified atom stereocenters. The first-order chi connectivity index (χ1) is 8.99. The molecule has 0 amide bonds. The SMILES string of the molecule is Cc1cc(C(Cl)Cc2c(F)cccc2F)ccc1Br. The van der Waals surface area contributed by atoms with E-state index in [0.29, 0.717) is 0 Å². The van der Waals surface area contributed by atoms with Gasteiger partial charge in [-0.3, -0.25) is 0 Å². The lowest BCUT2D eigenvalue weighted by Gasteiger charge is -2.12. The van der Waals surface area contributed by atoms with E-state index < -0.39 is 17.0 Å². The molecule has 0 nitrogen and oxygen atoms in total. The van der Waals surface area contributed by atoms with Crippen LogP contribution in [0.15, 0.2) is 40.9 Å². The fourth-order valence-electron chi connectivity index (χ4n) is 1.89. The fourth-order valence-corrected chi connectivity index (χ4v) is 2.42. The summed E-state index contributed by atoms with van der Waals surface area (Å²) >= 11 is 9.67. The van der Waals surface area contributed by atoms with Gasteiger partial charge in [0, 0.05) is 10.0 Å². The van der Waals surface area contributed by atoms with Crippen LogP contribution in [0.25, 0.3) is 0 Å². The summed E-state index contributed by atoms with van der Waals surface area (Å²) in [6.45, 7) is 1.95. The van der Waals surface area contributed by atoms with Crippen molar-refractivity contribution < 1.29 is 8.78 Å². The third kappa shape index (κ3) is 3.34. The molecule has 1 atom stereocenters. The van der Waals surface area contributed by atoms with Gasteiger partial charge in [-0.25, -0.2) is 8.78 Å². The third-order valence-electron chi connectivity index (χ3n) is 2.99. The van der Waals surface area contributed by atoms with Crippen LogP contribution in [0.3, 0.4) is 0 Å². The first-order valence-corrected chi connectivity index (χ1v) is 7.05. The Hall–Kier alpha value is -0.930. The van der Waals surface area contributed by atoms with Crippen LogP contribution in [0.2, 0.25) is 0 Å². The molecule has 0 spiro atoms. The van der Waals surface area contributed by atoms with Gasteiger partial charge in [0.05, 0.1) is 5.38 Å². The molecule has 0 bridgehead atoms. The van der Waals surface area contributed by atoms with Crippen molar-refractivity contribution in [2.45, 2.75) is 18.7 Å². The van der Waals surface area contributed by atoms with Crippen molar-refractivity contribution in [2.75, 3.05) is 0 Å². The maximum Gasteiger partial charge on any atom is 0.129 e. The molecular weight excluding hydrogens is 334 g/mol. The first-order valence-electron chi connectivity index (χ1n) is 5.82. The van der Waals surface area contributed by atoms with Crippen LogP contribution < -0.4 is 0 Å². The molecule has 0 saturated carbocycles. The molecule has 0 saturated heterocycles. The second kappa shape index (κ2) is 6.02. The van der Waals surface area contributed by atoms with Crippen molar-refractivity contribution in [3.05, 3.63) is 69.2 Å². The van der Waals surface area contributed by atoms with Crippen LogP contribution in [0.1, 0.15) is 22.1 Å². The largest absolute Gasteiger partial charge is 0.207 e. The second-order valence-corrected chi connectivity index (χ2v) is 5.76. The van der Waals surface area contributed by atoms with Crippen LogP contribution >= 0.6 is 27.5 Å². The highest BCUT2D eigenvalue weighted by atomic mass is 79.9. The number of hydrogen-bond acceptors (Lipinski definition) is 0. The quantitative estimate of drug-likeness (QED) is 0.639. The summed E-state index contributed by atoms with van der Waals surface area (Å²) in [4.78, 5) is 0. The third-order valence-corrected chi connectivity index (χ3v) is 4.28. The highest BCUT2D eigenvalue weighted by molar-refractivity contribution is 9.10. The lowest BCUT2D eigenvalue weighted by Crippen LogP contribution is -2.02. The molecule has 0 fully saturated rings. The van der Waals surface area contributed by atoms with Crippen molar-refractivity contribution >= 4 is 27.5 Å². The Labute approximate surface area is 124 Å². The molecule has 0 heterocycles. The van der Waals surface area contributed by atoms with E-state index in [1.807, 2.05) is 25.1 Å². The van der Waals surface area contributed by atoms with Crippen LogP contribution in [0.5, 0.6) is 0 Å². The Balaban J connectivity index is 2.25. The average molecular weight is 346 g/mol. The van der Waals surface area contributed by atoms with Crippen molar-refractivity contribution in [3.63, 3.8) is 0 Å². The van der Waals surface area contributed by atoms with Crippen LogP contribution in [0, 0.1) is 18.6 Å². The van der Waals surface area contributed by atoms with E-state index in [9.17, 15) is 8.78 Å². The zero-order valence-electron chi connectivity index (χ0n) is 10.3. The van der Waals surface area contributed by atoms with Gasteiger partial charge in [0.2, 0.25) is 0 Å². The van der Waals surface area contributed by atoms with Crippen molar-refractivity contribution in [3.8, 4) is 0 Å². The predicted octanol–water partition coefficient (Wildman–Crippen LogP) is 5.56. The maximum absolute atomic E-state index is 13.6. The van der Waals surface area contributed by atoms with Crippen LogP contribution in [0.4, 0.5) is 8.78 Å². The smallest absolute Gasteiger partial charge is 0.129 e. The predicted molar refractivity (Wildman–Crippen MR) is 77.5 cm³/mol. The van der Waals surface area contributed by atoms with Crippen LogP contribution in [-0.4, -0.2) is 0 Å². The Bertz CT molecular complexity index is 578. The Morgan fingerprint density at radius 2 is 1.79 bits per heavy atom. The minimum Gasteiger partial charge on any atom is -0.207 e. The normalized spacial score (nSPS) is 12.5. The summed E-state index contributed by atoms with van der Waals surface area (Å²) in [6.07, 6.45) is 0.126. The number of aryl methyl sites for hydroxylation is 1. The minimum atomic E-state index is -0.556. The molecule has 0 aliphatic carbocycles. The topological polar surface area (TPSA) is 0 Å². The van der Waals surface area contributed by atoms with Gasteiger partial charge in [-0.1, -0.05) is 34.1 Å². The number of alkyl halides is 1. The molecule has 0 N–H and O–H groups in total. The summed E-state index contributed by atoms with van der Waals surface area (Å²) in [5.74, 6) is -1.11. The van der Waals surface area contributed by atoms with Crippen molar-refractivity contribution in [2.24, 2.45) is 0 Å². The molecular formula is C15H12BrClF2. The molecule has 2 rings (SSSR count). The van der Waals surface area contributed by atoms with E-state index in [1.54, 1.807) is 0 Å². The van der Waals surface area contributed by atoms with E-state index in [0.717, 1.165) is 15.6 Å². The molecule has 100 valence electrons. The molecule has 4 heteroatoms. The molecule has 0 aliphatic rings. The molecule has 19 heavy (non-hydrogen) atoms. The fraction of sp³-hybridized carbons (Fsp3) is 0.200. The summed E-state index contributed by atoms with van der Waals surface area (Å²) in [6, 6.07) is 9.50. The van der Waals surface area contributed by atoms with Crippen LogP contribution in [-0.2, 0) is 6.42 Å². The van der Waals surface area contributed by atoms with Gasteiger partial charge in [0.1, 0.15) is 11.6 Å². The van der Waals surface area contributed by atoms with E-state index in [1.165, 1.54) is 18.2 Å². The summed E-state index contributed by atoms with van der Waals surface area (Å²) < 4.78 is 28.1. The van der Waals surface area contributed by atoms with Gasteiger partial charge < -0.3 is 0 Å². The van der Waals surface area contributed by atoms with Gasteiger partial charge in [-0.15, -0.1) is 11.6 Å². The number of benzene rings is 2. The number of halogens is 4. The van der Waals surface area contributed by atoms with E-state index >= 15 is 0 Å². The second-order valence-electron chi connectivity index (χ2n) is 4.38. The Kier molecular flexibility index (Phi) is 4.58. The number of hydrogen-bond donors (Lipinski definition) is 0. The van der Waals surface area contributed by atoms with Gasteiger partial charge in [-0.2, -0.15) is 0 Å². The Morgan fingerprint density at radius 1 is 1.16 bits per heavy atom. The first kappa shape index (κ1) is 14.5. The van der Waals surface area contributed by atoms with Crippen molar-refractivity contribution in [1.29, 1.82) is 0 Å². The monoisotopic (exact) mass is 344 g/mol. The van der Waals surface area contributed by atoms with Gasteiger partial charge in [0.15, 0.2) is 0 Å². The summed E-state index contributed by atoms with van der Waals surface area (Å²) in [5, 5.41) is -0.460. The van der Waals surface area contributed by atoms with Gasteiger partial charge >= 0.3 is 0 Å². The minimum absolute atomic E-state index is 0.0306. The molecule has 0 aromatic heterocycles. The maximum atomic E-state index is 13.6. The molecule has 0 radical (unpaired) electrons. The zero-order chi connectivity index (χ0) is 14.0. The van der Waals surface area contributed by atoms with Crippen molar-refractivity contribution in [1.82, 2.24) is 0 Å². The highest BCUT2D eigenvalue weighted by Gasteiger charge is 2.16. The Morgan fingerprint density at radius 3 is 2.37 bits per heavy atom. The summed E-state index contributed by atoms with van der Waals surface area (Å²) in [7, 11) is 0. The lowest BCUT2D eigenvalue weighted by molar-refractivity contribution is 0.553. The number of rotatable bonds is 3. The van der Waals surface area contributed by atoms with Gasteiger partial charge in [-0.05, 0) is 42.7 Å². The van der Waals surface area contributed by atoms with E-state index in [4.69, 9.17) is 11.6 Å². The molecule has 2 aromatic rings. The highest BCUT2D eigenvalue weighted by Crippen LogP contribution is 2.29.